The van der Waals surface area contributed by atoms with Gasteiger partial charge in [-0.3, -0.25) is 0 Å². The Labute approximate surface area is 154 Å². The van der Waals surface area contributed by atoms with Crippen molar-refractivity contribution in [1.82, 2.24) is 14.9 Å². The standard InChI is InChI=1S/C13H15FN2O3.C5H4FNO/c14-11-10(2-1-5-15-11)19-7-9-6-13(3-4-13)8-16(9)12(17)18;6-5-4(8)2-1-3-7-5/h1-2,5,9H,3-4,6-8H2,(H,17,18);1-3,8H/t9-;/m0./s1. The first-order valence-electron chi connectivity index (χ1n) is 8.43. The molecule has 1 amide bonds. The number of aromatic hydroxyl groups is 1. The van der Waals surface area contributed by atoms with Crippen molar-refractivity contribution in [2.24, 2.45) is 5.41 Å². The van der Waals surface area contributed by atoms with E-state index in [2.05, 4.69) is 9.97 Å². The van der Waals surface area contributed by atoms with Crippen molar-refractivity contribution in [2.45, 2.75) is 25.3 Å². The number of halogens is 2. The molecule has 4 rings (SSSR count). The molecule has 2 aliphatic rings. The Balaban J connectivity index is 0.000000221. The van der Waals surface area contributed by atoms with Crippen LogP contribution in [-0.4, -0.2) is 50.4 Å². The monoisotopic (exact) mass is 379 g/mol. The van der Waals surface area contributed by atoms with E-state index in [0.29, 0.717) is 6.54 Å². The zero-order chi connectivity index (χ0) is 19.4. The lowest BCUT2D eigenvalue weighted by atomic mass is 10.0. The highest BCUT2D eigenvalue weighted by Crippen LogP contribution is 2.54. The van der Waals surface area contributed by atoms with Gasteiger partial charge in [0.15, 0.2) is 11.5 Å². The van der Waals surface area contributed by atoms with Gasteiger partial charge in [-0.15, -0.1) is 0 Å². The maximum Gasteiger partial charge on any atom is 0.407 e. The van der Waals surface area contributed by atoms with Gasteiger partial charge in [0.1, 0.15) is 6.61 Å². The molecule has 1 spiro atoms. The zero-order valence-corrected chi connectivity index (χ0v) is 14.4. The average Bonchev–Trinajstić information content (AvgIpc) is 3.29. The van der Waals surface area contributed by atoms with Crippen LogP contribution in [0, 0.1) is 17.3 Å². The Morgan fingerprint density at radius 2 is 1.89 bits per heavy atom. The second kappa shape index (κ2) is 7.73. The van der Waals surface area contributed by atoms with E-state index in [1.165, 1.54) is 35.5 Å². The highest BCUT2D eigenvalue weighted by molar-refractivity contribution is 5.66. The third kappa shape index (κ3) is 4.60. The predicted octanol–water partition coefficient (Wildman–Crippen LogP) is 3.06. The van der Waals surface area contributed by atoms with E-state index < -0.39 is 23.7 Å². The van der Waals surface area contributed by atoms with Gasteiger partial charge in [0.25, 0.3) is 11.9 Å². The summed E-state index contributed by atoms with van der Waals surface area (Å²) in [6, 6.07) is 5.58. The van der Waals surface area contributed by atoms with Crippen molar-refractivity contribution in [3.05, 3.63) is 48.6 Å². The lowest BCUT2D eigenvalue weighted by molar-refractivity contribution is 0.121. The van der Waals surface area contributed by atoms with Crippen LogP contribution in [-0.2, 0) is 0 Å². The molecule has 0 radical (unpaired) electrons. The Kier molecular flexibility index (Phi) is 5.38. The summed E-state index contributed by atoms with van der Waals surface area (Å²) in [4.78, 5) is 19.3. The molecule has 1 atom stereocenters. The van der Waals surface area contributed by atoms with Crippen LogP contribution < -0.4 is 4.74 Å². The first kappa shape index (κ1) is 18.8. The number of hydrogen-bond donors (Lipinski definition) is 2. The van der Waals surface area contributed by atoms with Crippen molar-refractivity contribution in [3.8, 4) is 11.5 Å². The summed E-state index contributed by atoms with van der Waals surface area (Å²) in [7, 11) is 0. The van der Waals surface area contributed by atoms with Gasteiger partial charge in [0.05, 0.1) is 6.04 Å². The van der Waals surface area contributed by atoms with Gasteiger partial charge in [0.2, 0.25) is 0 Å². The molecule has 1 saturated heterocycles. The number of ether oxygens (including phenoxy) is 1. The van der Waals surface area contributed by atoms with E-state index in [0.717, 1.165) is 19.3 Å². The van der Waals surface area contributed by atoms with Crippen LogP contribution in [0.3, 0.4) is 0 Å². The zero-order valence-electron chi connectivity index (χ0n) is 14.4. The van der Waals surface area contributed by atoms with Gasteiger partial charge in [0, 0.05) is 18.9 Å². The minimum Gasteiger partial charge on any atom is -0.504 e. The number of likely N-dealkylation sites (tertiary alicyclic amines) is 1. The Morgan fingerprint density at radius 3 is 2.41 bits per heavy atom. The second-order valence-electron chi connectivity index (χ2n) is 6.69. The number of rotatable bonds is 3. The molecule has 2 fully saturated rings. The normalized spacial score (nSPS) is 19.3. The van der Waals surface area contributed by atoms with Crippen LogP contribution in [0.4, 0.5) is 13.6 Å². The number of aromatic nitrogens is 2. The van der Waals surface area contributed by atoms with Crippen LogP contribution in [0.15, 0.2) is 36.7 Å². The molecule has 0 aromatic carbocycles. The van der Waals surface area contributed by atoms with E-state index in [-0.39, 0.29) is 23.8 Å². The fourth-order valence-corrected chi connectivity index (χ4v) is 3.12. The maximum atomic E-state index is 13.3. The van der Waals surface area contributed by atoms with Crippen LogP contribution in [0.2, 0.25) is 0 Å². The summed E-state index contributed by atoms with van der Waals surface area (Å²) in [5.41, 5.74) is 0.167. The molecule has 3 heterocycles. The molecule has 1 aliphatic carbocycles. The SMILES string of the molecule is O=C(O)N1CC2(CC2)C[C@H]1COc1cccnc1F.Oc1cccnc1F. The third-order valence-electron chi connectivity index (χ3n) is 4.71. The Bertz CT molecular complexity index is 796. The number of carboxylic acid groups (broad SMARTS) is 1. The molecular weight excluding hydrogens is 360 g/mol. The third-order valence-corrected chi connectivity index (χ3v) is 4.71. The number of nitrogens with zero attached hydrogens (tertiary/aromatic N) is 3. The molecule has 1 aliphatic heterocycles. The van der Waals surface area contributed by atoms with Crippen molar-refractivity contribution in [1.29, 1.82) is 0 Å². The van der Waals surface area contributed by atoms with Gasteiger partial charge in [-0.2, -0.15) is 8.78 Å². The van der Waals surface area contributed by atoms with E-state index in [9.17, 15) is 18.7 Å². The molecule has 0 bridgehead atoms. The van der Waals surface area contributed by atoms with E-state index in [1.807, 2.05) is 0 Å². The largest absolute Gasteiger partial charge is 0.504 e. The lowest BCUT2D eigenvalue weighted by Gasteiger charge is -2.21. The lowest BCUT2D eigenvalue weighted by Crippen LogP contribution is -2.38. The van der Waals surface area contributed by atoms with Crippen LogP contribution in [0.25, 0.3) is 0 Å². The van der Waals surface area contributed by atoms with Crippen molar-refractivity contribution < 1.29 is 28.5 Å². The van der Waals surface area contributed by atoms with Gasteiger partial charge < -0.3 is 19.8 Å². The summed E-state index contributed by atoms with van der Waals surface area (Å²) in [6.45, 7) is 0.753. The molecule has 0 unspecified atom stereocenters. The van der Waals surface area contributed by atoms with Crippen LogP contribution >= 0.6 is 0 Å². The maximum absolute atomic E-state index is 13.3. The molecule has 27 heavy (non-hydrogen) atoms. The average molecular weight is 379 g/mol. The summed E-state index contributed by atoms with van der Waals surface area (Å²) in [5, 5.41) is 17.7. The molecule has 2 aromatic rings. The van der Waals surface area contributed by atoms with E-state index in [1.54, 1.807) is 6.07 Å². The number of pyridine rings is 2. The number of amides is 1. The molecule has 2 aromatic heterocycles. The quantitative estimate of drug-likeness (QED) is 0.796. The minimum atomic E-state index is -0.927. The topological polar surface area (TPSA) is 95.8 Å². The predicted molar refractivity (Wildman–Crippen MR) is 90.4 cm³/mol. The van der Waals surface area contributed by atoms with Gasteiger partial charge in [-0.25, -0.2) is 14.8 Å². The summed E-state index contributed by atoms with van der Waals surface area (Å²) in [5.74, 6) is -1.83. The smallest absolute Gasteiger partial charge is 0.407 e. The minimum absolute atomic E-state index is 0.0737. The highest BCUT2D eigenvalue weighted by atomic mass is 19.1. The van der Waals surface area contributed by atoms with Crippen LogP contribution in [0.5, 0.6) is 11.5 Å². The van der Waals surface area contributed by atoms with Crippen molar-refractivity contribution >= 4 is 6.09 Å². The first-order chi connectivity index (χ1) is 12.9. The van der Waals surface area contributed by atoms with Crippen molar-refractivity contribution in [3.63, 3.8) is 0 Å². The first-order valence-corrected chi connectivity index (χ1v) is 8.43. The molecule has 1 saturated carbocycles. The molecular formula is C18H19F2N3O4. The van der Waals surface area contributed by atoms with Gasteiger partial charge in [-0.1, -0.05) is 0 Å². The second-order valence-corrected chi connectivity index (χ2v) is 6.69. The fourth-order valence-electron chi connectivity index (χ4n) is 3.12. The molecule has 144 valence electrons. The number of hydrogen-bond acceptors (Lipinski definition) is 5. The van der Waals surface area contributed by atoms with Gasteiger partial charge in [-0.05, 0) is 48.9 Å². The molecule has 2 N–H and O–H groups in total. The van der Waals surface area contributed by atoms with E-state index in [4.69, 9.17) is 9.84 Å². The fraction of sp³-hybridized carbons (Fsp3) is 0.389. The van der Waals surface area contributed by atoms with Crippen LogP contribution in [0.1, 0.15) is 19.3 Å². The summed E-state index contributed by atoms with van der Waals surface area (Å²) >= 11 is 0. The van der Waals surface area contributed by atoms with E-state index >= 15 is 0 Å². The van der Waals surface area contributed by atoms with Gasteiger partial charge >= 0.3 is 6.09 Å². The molecule has 9 heteroatoms. The highest BCUT2D eigenvalue weighted by Gasteiger charge is 2.53. The summed E-state index contributed by atoms with van der Waals surface area (Å²) < 4.78 is 30.7. The molecule has 7 nitrogen and oxygen atoms in total. The van der Waals surface area contributed by atoms with Crippen molar-refractivity contribution in [2.75, 3.05) is 13.2 Å². The summed E-state index contributed by atoms with van der Waals surface area (Å²) in [6.07, 6.45) is 4.66. The Hall–Kier alpha value is -2.97. The number of carbonyl (C=O) groups is 1. The Morgan fingerprint density at radius 1 is 1.22 bits per heavy atom.